The predicted octanol–water partition coefficient (Wildman–Crippen LogP) is 2.43. The number of nitrogens with zero attached hydrogens (tertiary/aromatic N) is 1. The molecule has 1 saturated heterocycles. The van der Waals surface area contributed by atoms with Crippen LogP contribution >= 0.6 is 0 Å². The first kappa shape index (κ1) is 18.0. The van der Waals surface area contributed by atoms with Gasteiger partial charge in [0.2, 0.25) is 11.8 Å². The van der Waals surface area contributed by atoms with Crippen LogP contribution in [0.25, 0.3) is 0 Å². The number of carbonyl (C=O) groups excluding carboxylic acids is 2. The highest BCUT2D eigenvalue weighted by Crippen LogP contribution is 2.32. The summed E-state index contributed by atoms with van der Waals surface area (Å²) in [7, 11) is 0. The predicted molar refractivity (Wildman–Crippen MR) is 101 cm³/mol. The van der Waals surface area contributed by atoms with Crippen molar-refractivity contribution in [2.45, 2.75) is 63.3 Å². The van der Waals surface area contributed by atoms with E-state index in [1.54, 1.807) is 4.90 Å². The van der Waals surface area contributed by atoms with Crippen molar-refractivity contribution in [2.75, 3.05) is 11.4 Å². The molecule has 1 aromatic carbocycles. The van der Waals surface area contributed by atoms with Gasteiger partial charge >= 0.3 is 5.97 Å². The van der Waals surface area contributed by atoms with Crippen molar-refractivity contribution in [3.8, 4) is 0 Å². The molecule has 144 valence electrons. The molecule has 2 amide bonds. The number of amides is 2. The first-order valence-electron chi connectivity index (χ1n) is 9.96. The Morgan fingerprint density at radius 3 is 2.56 bits per heavy atom. The van der Waals surface area contributed by atoms with Gasteiger partial charge in [-0.25, -0.2) is 4.79 Å². The van der Waals surface area contributed by atoms with Gasteiger partial charge in [0.05, 0.1) is 5.92 Å². The Morgan fingerprint density at radius 1 is 1.07 bits per heavy atom. The Balaban J connectivity index is 1.47. The van der Waals surface area contributed by atoms with Crippen LogP contribution < -0.4 is 10.2 Å². The van der Waals surface area contributed by atoms with Crippen LogP contribution in [0.5, 0.6) is 0 Å². The molecule has 2 N–H and O–H groups in total. The summed E-state index contributed by atoms with van der Waals surface area (Å²) in [4.78, 5) is 38.8. The van der Waals surface area contributed by atoms with E-state index >= 15 is 0 Å². The van der Waals surface area contributed by atoms with Crippen LogP contribution in [0.15, 0.2) is 18.2 Å². The highest BCUT2D eigenvalue weighted by atomic mass is 16.4. The van der Waals surface area contributed by atoms with E-state index in [9.17, 15) is 19.5 Å². The molecule has 27 heavy (non-hydrogen) atoms. The Kier molecular flexibility index (Phi) is 4.66. The van der Waals surface area contributed by atoms with Gasteiger partial charge in [0.25, 0.3) is 0 Å². The third-order valence-electron chi connectivity index (χ3n) is 6.37. The van der Waals surface area contributed by atoms with E-state index in [-0.39, 0.29) is 18.2 Å². The average Bonchev–Trinajstić information content (AvgIpc) is 3.28. The van der Waals surface area contributed by atoms with E-state index in [1.807, 2.05) is 6.07 Å². The molecule has 0 spiro atoms. The van der Waals surface area contributed by atoms with Crippen LogP contribution in [0.2, 0.25) is 0 Å². The molecule has 4 rings (SSSR count). The first-order valence-corrected chi connectivity index (χ1v) is 9.96. The van der Waals surface area contributed by atoms with Gasteiger partial charge in [-0.1, -0.05) is 25.3 Å². The van der Waals surface area contributed by atoms with E-state index in [2.05, 4.69) is 17.4 Å². The summed E-state index contributed by atoms with van der Waals surface area (Å²) in [5, 5.41) is 12.5. The normalized spacial score (nSPS) is 23.9. The molecular weight excluding hydrogens is 344 g/mol. The van der Waals surface area contributed by atoms with Gasteiger partial charge < -0.3 is 15.3 Å². The quantitative estimate of drug-likeness (QED) is 0.852. The van der Waals surface area contributed by atoms with Crippen molar-refractivity contribution in [2.24, 2.45) is 5.92 Å². The lowest BCUT2D eigenvalue weighted by atomic mass is 9.81. The van der Waals surface area contributed by atoms with Gasteiger partial charge in [-0.2, -0.15) is 0 Å². The van der Waals surface area contributed by atoms with Crippen molar-refractivity contribution in [1.82, 2.24) is 5.32 Å². The monoisotopic (exact) mass is 370 g/mol. The molecule has 1 aromatic rings. The summed E-state index contributed by atoms with van der Waals surface area (Å²) in [6, 6.07) is 6.11. The minimum Gasteiger partial charge on any atom is -0.480 e. The zero-order valence-corrected chi connectivity index (χ0v) is 15.5. The van der Waals surface area contributed by atoms with Gasteiger partial charge in [0.1, 0.15) is 5.54 Å². The van der Waals surface area contributed by atoms with Crippen LogP contribution in [0, 0.1) is 5.92 Å². The molecule has 0 unspecified atom stereocenters. The minimum atomic E-state index is -1.17. The number of carbonyl (C=O) groups is 3. The van der Waals surface area contributed by atoms with Crippen LogP contribution in [0.1, 0.15) is 56.1 Å². The number of anilines is 1. The van der Waals surface area contributed by atoms with Crippen molar-refractivity contribution >= 4 is 23.5 Å². The molecule has 3 aliphatic rings. The molecule has 6 heteroatoms. The lowest BCUT2D eigenvalue weighted by molar-refractivity contribution is -0.149. The lowest BCUT2D eigenvalue weighted by Gasteiger charge is -2.34. The second-order valence-corrected chi connectivity index (χ2v) is 8.15. The summed E-state index contributed by atoms with van der Waals surface area (Å²) in [6.07, 6.45) is 6.94. The largest absolute Gasteiger partial charge is 0.480 e. The highest BCUT2D eigenvalue weighted by Gasteiger charge is 2.44. The topological polar surface area (TPSA) is 86.7 Å². The molecule has 2 aliphatic carbocycles. The Bertz CT molecular complexity index is 782. The first-order chi connectivity index (χ1) is 13.0. The smallest absolute Gasteiger partial charge is 0.329 e. The van der Waals surface area contributed by atoms with Crippen LogP contribution in [0.4, 0.5) is 5.69 Å². The molecule has 0 bridgehead atoms. The SMILES string of the molecule is O=C(NC1(C(=O)O)CCCCC1)[C@@H]1CC(=O)N(c2ccc3c(c2)CCC3)C1. The minimum absolute atomic E-state index is 0.0684. The third-order valence-corrected chi connectivity index (χ3v) is 6.37. The van der Waals surface area contributed by atoms with Crippen molar-refractivity contribution in [3.05, 3.63) is 29.3 Å². The zero-order valence-electron chi connectivity index (χ0n) is 15.5. The number of hydrogen-bond donors (Lipinski definition) is 2. The number of benzene rings is 1. The van der Waals surface area contributed by atoms with Gasteiger partial charge in [-0.15, -0.1) is 0 Å². The number of rotatable bonds is 4. The fraction of sp³-hybridized carbons (Fsp3) is 0.571. The van der Waals surface area contributed by atoms with Gasteiger partial charge in [-0.05, 0) is 55.4 Å². The van der Waals surface area contributed by atoms with Gasteiger partial charge in [0, 0.05) is 18.7 Å². The summed E-state index contributed by atoms with van der Waals surface area (Å²) >= 11 is 0. The van der Waals surface area contributed by atoms with Gasteiger partial charge in [-0.3, -0.25) is 9.59 Å². The number of nitrogens with one attached hydrogen (secondary N) is 1. The Morgan fingerprint density at radius 2 is 1.81 bits per heavy atom. The molecular formula is C21H26N2O4. The molecule has 0 radical (unpaired) electrons. The fourth-order valence-corrected chi connectivity index (χ4v) is 4.74. The van der Waals surface area contributed by atoms with Crippen molar-refractivity contribution < 1.29 is 19.5 Å². The van der Waals surface area contributed by atoms with Gasteiger partial charge in [0.15, 0.2) is 0 Å². The van der Waals surface area contributed by atoms with Crippen molar-refractivity contribution in [1.29, 1.82) is 0 Å². The van der Waals surface area contributed by atoms with Crippen LogP contribution in [-0.4, -0.2) is 35.0 Å². The van der Waals surface area contributed by atoms with Crippen molar-refractivity contribution in [3.63, 3.8) is 0 Å². The molecule has 1 saturated carbocycles. The maximum atomic E-state index is 12.8. The van der Waals surface area contributed by atoms with E-state index in [1.165, 1.54) is 11.1 Å². The number of carboxylic acid groups (broad SMARTS) is 1. The number of carboxylic acids is 1. The number of hydrogen-bond acceptors (Lipinski definition) is 3. The number of aryl methyl sites for hydroxylation is 2. The van der Waals surface area contributed by atoms with E-state index in [0.717, 1.165) is 44.2 Å². The standard InChI is InChI=1S/C21H26N2O4/c24-18-12-16(19(25)22-21(20(26)27)9-2-1-3-10-21)13-23(18)17-8-7-14-5-4-6-15(14)11-17/h7-8,11,16H,1-6,9-10,12-13H2,(H,22,25)(H,26,27)/t16-/m1/s1. The number of fused-ring (bicyclic) bond motifs is 1. The Hall–Kier alpha value is -2.37. The summed E-state index contributed by atoms with van der Waals surface area (Å²) in [6.45, 7) is 0.319. The lowest BCUT2D eigenvalue weighted by Crippen LogP contribution is -2.57. The Labute approximate surface area is 158 Å². The second kappa shape index (κ2) is 6.98. The summed E-state index contributed by atoms with van der Waals surface area (Å²) < 4.78 is 0. The summed E-state index contributed by atoms with van der Waals surface area (Å²) in [5.41, 5.74) is 2.32. The highest BCUT2D eigenvalue weighted by molar-refractivity contribution is 6.01. The fourth-order valence-electron chi connectivity index (χ4n) is 4.74. The molecule has 6 nitrogen and oxygen atoms in total. The average molecular weight is 370 g/mol. The summed E-state index contributed by atoms with van der Waals surface area (Å²) in [5.74, 6) is -1.84. The van der Waals surface area contributed by atoms with E-state index in [4.69, 9.17) is 0 Å². The third kappa shape index (κ3) is 3.33. The van der Waals surface area contributed by atoms with Crippen LogP contribution in [-0.2, 0) is 27.2 Å². The molecule has 0 aromatic heterocycles. The van der Waals surface area contributed by atoms with Crippen LogP contribution in [0.3, 0.4) is 0 Å². The molecule has 1 aliphatic heterocycles. The second-order valence-electron chi connectivity index (χ2n) is 8.15. The maximum absolute atomic E-state index is 12.8. The molecule has 2 fully saturated rings. The number of aliphatic carboxylic acids is 1. The molecule has 1 heterocycles. The van der Waals surface area contributed by atoms with E-state index < -0.39 is 17.4 Å². The van der Waals surface area contributed by atoms with E-state index in [0.29, 0.717) is 19.4 Å². The zero-order chi connectivity index (χ0) is 19.0. The maximum Gasteiger partial charge on any atom is 0.329 e. The molecule has 1 atom stereocenters.